The number of fused-ring (bicyclic) bond motifs is 1. The first-order valence-corrected chi connectivity index (χ1v) is 10.8. The normalized spacial score (nSPS) is 15.2. The predicted octanol–water partition coefficient (Wildman–Crippen LogP) is 2.22. The third-order valence-corrected chi connectivity index (χ3v) is 5.70. The molecular weight excluding hydrogens is 418 g/mol. The number of pyridine rings is 1. The fraction of sp³-hybridized carbons (Fsp3) is 0.208. The standard InChI is InChI=1S/C24H23N7O2/c32-23(27-10-8-17-5-4-9-25-13-17)20-15-30-11-12-31(24(33)19-14-26-16-28-19)21(22(30)29-20)18-6-2-1-3-7-18/h1-7,9,13-16,21H,8,10-12H2,(H,26,28)(H,27,32). The number of carbonyl (C=O) groups excluding carboxylic acids is 2. The first-order chi connectivity index (χ1) is 16.2. The largest absolute Gasteiger partial charge is 0.350 e. The summed E-state index contributed by atoms with van der Waals surface area (Å²) >= 11 is 0. The van der Waals surface area contributed by atoms with Crippen LogP contribution < -0.4 is 5.32 Å². The van der Waals surface area contributed by atoms with E-state index in [1.54, 1.807) is 23.5 Å². The summed E-state index contributed by atoms with van der Waals surface area (Å²) in [5.41, 5.74) is 2.75. The number of rotatable bonds is 6. The first-order valence-electron chi connectivity index (χ1n) is 10.8. The number of nitrogens with zero attached hydrogens (tertiary/aromatic N) is 5. The molecule has 0 saturated heterocycles. The van der Waals surface area contributed by atoms with E-state index in [-0.39, 0.29) is 11.8 Å². The number of hydrogen-bond donors (Lipinski definition) is 2. The van der Waals surface area contributed by atoms with Crippen molar-refractivity contribution in [2.75, 3.05) is 13.1 Å². The SMILES string of the molecule is O=C(NCCc1cccnc1)c1cn2c(n1)C(c1ccccc1)N(C(=O)c1cnc[nH]1)CC2. The van der Waals surface area contributed by atoms with Crippen molar-refractivity contribution in [3.8, 4) is 0 Å². The lowest BCUT2D eigenvalue weighted by atomic mass is 10.0. The maximum Gasteiger partial charge on any atom is 0.272 e. The van der Waals surface area contributed by atoms with Crippen molar-refractivity contribution < 1.29 is 9.59 Å². The van der Waals surface area contributed by atoms with Crippen LogP contribution in [0.4, 0.5) is 0 Å². The Morgan fingerprint density at radius 1 is 1.06 bits per heavy atom. The molecule has 2 amide bonds. The molecule has 0 fully saturated rings. The number of benzene rings is 1. The van der Waals surface area contributed by atoms with Crippen LogP contribution in [0.5, 0.6) is 0 Å². The molecule has 9 nitrogen and oxygen atoms in total. The molecule has 3 aromatic heterocycles. The second-order valence-electron chi connectivity index (χ2n) is 7.82. The third kappa shape index (κ3) is 4.25. The number of H-pyrrole nitrogens is 1. The molecule has 166 valence electrons. The van der Waals surface area contributed by atoms with E-state index in [4.69, 9.17) is 0 Å². The zero-order valence-electron chi connectivity index (χ0n) is 17.9. The third-order valence-electron chi connectivity index (χ3n) is 5.70. The van der Waals surface area contributed by atoms with Crippen molar-refractivity contribution in [2.45, 2.75) is 19.0 Å². The van der Waals surface area contributed by atoms with Crippen molar-refractivity contribution in [3.05, 3.63) is 102 Å². The molecule has 9 heteroatoms. The van der Waals surface area contributed by atoms with Crippen molar-refractivity contribution in [3.63, 3.8) is 0 Å². The number of amides is 2. The van der Waals surface area contributed by atoms with Crippen LogP contribution in [0.15, 0.2) is 73.6 Å². The Morgan fingerprint density at radius 2 is 1.94 bits per heavy atom. The first kappa shape index (κ1) is 20.6. The van der Waals surface area contributed by atoms with Crippen LogP contribution in [0, 0.1) is 0 Å². The minimum Gasteiger partial charge on any atom is -0.350 e. The summed E-state index contributed by atoms with van der Waals surface area (Å²) in [6.07, 6.45) is 8.98. The molecule has 1 aliphatic rings. The van der Waals surface area contributed by atoms with Gasteiger partial charge in [0.1, 0.15) is 23.3 Å². The van der Waals surface area contributed by atoms with Crippen LogP contribution in [-0.2, 0) is 13.0 Å². The quantitative estimate of drug-likeness (QED) is 0.477. The van der Waals surface area contributed by atoms with Gasteiger partial charge in [-0.2, -0.15) is 0 Å². The molecule has 5 rings (SSSR count). The number of imidazole rings is 2. The van der Waals surface area contributed by atoms with Crippen LogP contribution in [-0.4, -0.2) is 54.3 Å². The van der Waals surface area contributed by atoms with E-state index in [9.17, 15) is 9.59 Å². The van der Waals surface area contributed by atoms with Gasteiger partial charge in [-0.25, -0.2) is 9.97 Å². The summed E-state index contributed by atoms with van der Waals surface area (Å²) in [5, 5.41) is 2.93. The van der Waals surface area contributed by atoms with E-state index in [0.717, 1.165) is 11.1 Å². The minimum atomic E-state index is -0.410. The highest BCUT2D eigenvalue weighted by molar-refractivity contribution is 5.93. The second-order valence-corrected chi connectivity index (χ2v) is 7.82. The lowest BCUT2D eigenvalue weighted by Gasteiger charge is -2.36. The number of aromatic nitrogens is 5. The minimum absolute atomic E-state index is 0.155. The van der Waals surface area contributed by atoms with Gasteiger partial charge >= 0.3 is 0 Å². The van der Waals surface area contributed by atoms with Crippen LogP contribution >= 0.6 is 0 Å². The summed E-state index contributed by atoms with van der Waals surface area (Å²) in [5.74, 6) is 0.273. The number of hydrogen-bond acceptors (Lipinski definition) is 5. The van der Waals surface area contributed by atoms with Gasteiger partial charge in [-0.3, -0.25) is 14.6 Å². The van der Waals surface area contributed by atoms with Gasteiger partial charge in [0, 0.05) is 38.2 Å². The molecule has 33 heavy (non-hydrogen) atoms. The zero-order valence-corrected chi connectivity index (χ0v) is 17.9. The molecule has 0 radical (unpaired) electrons. The van der Waals surface area contributed by atoms with Crippen LogP contribution in [0.2, 0.25) is 0 Å². The number of carbonyl (C=O) groups is 2. The van der Waals surface area contributed by atoms with Crippen molar-refractivity contribution >= 4 is 11.8 Å². The Labute approximate surface area is 190 Å². The topological polar surface area (TPSA) is 109 Å². The van der Waals surface area contributed by atoms with Crippen LogP contribution in [0.3, 0.4) is 0 Å². The number of nitrogens with one attached hydrogen (secondary N) is 2. The summed E-state index contributed by atoms with van der Waals surface area (Å²) < 4.78 is 1.96. The van der Waals surface area contributed by atoms with Crippen molar-refractivity contribution in [1.82, 2.24) is 34.7 Å². The Bertz CT molecular complexity index is 1240. The lowest BCUT2D eigenvalue weighted by molar-refractivity contribution is 0.0653. The van der Waals surface area contributed by atoms with E-state index >= 15 is 0 Å². The number of aromatic amines is 1. The fourth-order valence-electron chi connectivity index (χ4n) is 4.09. The maximum atomic E-state index is 13.2. The highest BCUT2D eigenvalue weighted by atomic mass is 16.2. The second kappa shape index (κ2) is 9.07. The average Bonchev–Trinajstić information content (AvgIpc) is 3.54. The highest BCUT2D eigenvalue weighted by Gasteiger charge is 2.35. The van der Waals surface area contributed by atoms with E-state index in [0.29, 0.717) is 43.3 Å². The summed E-state index contributed by atoms with van der Waals surface area (Å²) in [6.45, 7) is 1.52. The van der Waals surface area contributed by atoms with Gasteiger partial charge in [0.05, 0.1) is 12.5 Å². The van der Waals surface area contributed by atoms with Gasteiger partial charge in [0.25, 0.3) is 11.8 Å². The van der Waals surface area contributed by atoms with E-state index < -0.39 is 6.04 Å². The molecular formula is C24H23N7O2. The summed E-state index contributed by atoms with van der Waals surface area (Å²) in [6, 6.07) is 13.2. The van der Waals surface area contributed by atoms with Gasteiger partial charge < -0.3 is 19.8 Å². The molecule has 0 saturated carbocycles. The molecule has 1 aliphatic heterocycles. The van der Waals surface area contributed by atoms with E-state index in [1.807, 2.05) is 47.0 Å². The Kier molecular flexibility index (Phi) is 5.67. The summed E-state index contributed by atoms with van der Waals surface area (Å²) in [4.78, 5) is 43.4. The Hall–Kier alpha value is -4.27. The fourth-order valence-corrected chi connectivity index (χ4v) is 4.09. The average molecular weight is 441 g/mol. The lowest BCUT2D eigenvalue weighted by Crippen LogP contribution is -2.42. The molecule has 0 spiro atoms. The molecule has 0 bridgehead atoms. The highest BCUT2D eigenvalue weighted by Crippen LogP contribution is 2.32. The van der Waals surface area contributed by atoms with Crippen molar-refractivity contribution in [1.29, 1.82) is 0 Å². The van der Waals surface area contributed by atoms with Crippen LogP contribution in [0.25, 0.3) is 0 Å². The summed E-state index contributed by atoms with van der Waals surface area (Å²) in [7, 11) is 0. The van der Waals surface area contributed by atoms with Crippen LogP contribution in [0.1, 0.15) is 44.0 Å². The van der Waals surface area contributed by atoms with Gasteiger partial charge in [-0.15, -0.1) is 0 Å². The van der Waals surface area contributed by atoms with E-state index in [1.165, 1.54) is 12.5 Å². The molecule has 4 aromatic rings. The van der Waals surface area contributed by atoms with E-state index in [2.05, 4.69) is 25.3 Å². The Balaban J connectivity index is 1.39. The van der Waals surface area contributed by atoms with Gasteiger partial charge in [0.15, 0.2) is 0 Å². The molecule has 1 atom stereocenters. The van der Waals surface area contributed by atoms with Gasteiger partial charge in [-0.05, 0) is 23.6 Å². The zero-order chi connectivity index (χ0) is 22.6. The van der Waals surface area contributed by atoms with Gasteiger partial charge in [0.2, 0.25) is 0 Å². The predicted molar refractivity (Wildman–Crippen MR) is 120 cm³/mol. The van der Waals surface area contributed by atoms with Crippen molar-refractivity contribution in [2.24, 2.45) is 0 Å². The molecule has 0 aliphatic carbocycles. The molecule has 4 heterocycles. The monoisotopic (exact) mass is 441 g/mol. The smallest absolute Gasteiger partial charge is 0.272 e. The van der Waals surface area contributed by atoms with Gasteiger partial charge in [-0.1, -0.05) is 36.4 Å². The molecule has 1 unspecified atom stereocenters. The molecule has 2 N–H and O–H groups in total. The Morgan fingerprint density at radius 3 is 2.70 bits per heavy atom. The molecule has 1 aromatic carbocycles. The maximum absolute atomic E-state index is 13.2.